The third-order valence-electron chi connectivity index (χ3n) is 1.57. The smallest absolute Gasteiger partial charge is 0.331 e. The first-order valence-corrected chi connectivity index (χ1v) is 4.66. The number of aromatic nitrogens is 1. The molecule has 14 heavy (non-hydrogen) atoms. The molecule has 1 rings (SSSR count). The SMILES string of the molecule is C=Cc1sc(N)nc1/C=C(\C)C(=O)O. The first kappa shape index (κ1) is 10.5. The van der Waals surface area contributed by atoms with Crippen molar-refractivity contribution in [1.29, 1.82) is 0 Å². The second-order valence-corrected chi connectivity index (χ2v) is 3.70. The van der Waals surface area contributed by atoms with E-state index in [9.17, 15) is 4.79 Å². The third kappa shape index (κ3) is 2.20. The van der Waals surface area contributed by atoms with Crippen LogP contribution in [0.5, 0.6) is 0 Å². The zero-order valence-corrected chi connectivity index (χ0v) is 8.47. The Labute approximate surface area is 85.4 Å². The van der Waals surface area contributed by atoms with Gasteiger partial charge in [-0.2, -0.15) is 0 Å². The van der Waals surface area contributed by atoms with Gasteiger partial charge in [0, 0.05) is 5.57 Å². The molecule has 0 saturated heterocycles. The summed E-state index contributed by atoms with van der Waals surface area (Å²) in [5.41, 5.74) is 6.27. The monoisotopic (exact) mass is 210 g/mol. The number of nitrogen functional groups attached to an aromatic ring is 1. The van der Waals surface area contributed by atoms with E-state index in [2.05, 4.69) is 11.6 Å². The lowest BCUT2D eigenvalue weighted by atomic mass is 10.2. The lowest BCUT2D eigenvalue weighted by Gasteiger charge is -1.92. The average molecular weight is 210 g/mol. The van der Waals surface area contributed by atoms with Crippen molar-refractivity contribution in [2.75, 3.05) is 5.73 Å². The lowest BCUT2D eigenvalue weighted by molar-refractivity contribution is -0.132. The summed E-state index contributed by atoms with van der Waals surface area (Å²) >= 11 is 1.28. The first-order chi connectivity index (χ1) is 6.54. The molecule has 5 heteroatoms. The van der Waals surface area contributed by atoms with Crippen molar-refractivity contribution in [3.05, 3.63) is 22.7 Å². The molecule has 0 radical (unpaired) electrons. The van der Waals surface area contributed by atoms with Gasteiger partial charge in [0.25, 0.3) is 0 Å². The Morgan fingerprint density at radius 1 is 1.71 bits per heavy atom. The molecule has 0 fully saturated rings. The van der Waals surface area contributed by atoms with Crippen LogP contribution in [-0.4, -0.2) is 16.1 Å². The van der Waals surface area contributed by atoms with Gasteiger partial charge in [0.2, 0.25) is 0 Å². The van der Waals surface area contributed by atoms with Gasteiger partial charge in [-0.3, -0.25) is 0 Å². The van der Waals surface area contributed by atoms with Crippen LogP contribution in [0.4, 0.5) is 5.13 Å². The molecule has 0 saturated carbocycles. The highest BCUT2D eigenvalue weighted by Crippen LogP contribution is 2.23. The normalized spacial score (nSPS) is 11.4. The van der Waals surface area contributed by atoms with E-state index in [4.69, 9.17) is 10.8 Å². The van der Waals surface area contributed by atoms with Crippen LogP contribution in [-0.2, 0) is 4.79 Å². The Morgan fingerprint density at radius 2 is 2.36 bits per heavy atom. The van der Waals surface area contributed by atoms with Crippen molar-refractivity contribution in [3.63, 3.8) is 0 Å². The van der Waals surface area contributed by atoms with Crippen molar-refractivity contribution in [3.8, 4) is 0 Å². The first-order valence-electron chi connectivity index (χ1n) is 3.85. The number of hydrogen-bond donors (Lipinski definition) is 2. The van der Waals surface area contributed by atoms with E-state index < -0.39 is 5.97 Å². The van der Waals surface area contributed by atoms with E-state index in [-0.39, 0.29) is 5.57 Å². The fourth-order valence-electron chi connectivity index (χ4n) is 0.878. The van der Waals surface area contributed by atoms with Gasteiger partial charge < -0.3 is 10.8 Å². The fourth-order valence-corrected chi connectivity index (χ4v) is 1.54. The van der Waals surface area contributed by atoms with Crippen molar-refractivity contribution >= 4 is 34.6 Å². The van der Waals surface area contributed by atoms with Crippen LogP contribution in [0.1, 0.15) is 17.5 Å². The summed E-state index contributed by atoms with van der Waals surface area (Å²) in [6.07, 6.45) is 3.08. The number of aliphatic carboxylic acids is 1. The number of nitrogens with zero attached hydrogens (tertiary/aromatic N) is 1. The second-order valence-electron chi connectivity index (χ2n) is 2.64. The molecule has 0 spiro atoms. The number of thiazole rings is 1. The van der Waals surface area contributed by atoms with Crippen LogP contribution < -0.4 is 5.73 Å². The molecule has 74 valence electrons. The van der Waals surface area contributed by atoms with E-state index >= 15 is 0 Å². The largest absolute Gasteiger partial charge is 0.478 e. The van der Waals surface area contributed by atoms with E-state index in [1.807, 2.05) is 0 Å². The van der Waals surface area contributed by atoms with Crippen molar-refractivity contribution in [2.24, 2.45) is 0 Å². The van der Waals surface area contributed by atoms with E-state index in [1.54, 1.807) is 6.08 Å². The minimum atomic E-state index is -0.966. The summed E-state index contributed by atoms with van der Waals surface area (Å²) in [5, 5.41) is 9.07. The van der Waals surface area contributed by atoms with Gasteiger partial charge in [0.05, 0.1) is 10.6 Å². The summed E-state index contributed by atoms with van der Waals surface area (Å²) in [6.45, 7) is 5.10. The summed E-state index contributed by atoms with van der Waals surface area (Å²) in [7, 11) is 0. The molecular weight excluding hydrogens is 200 g/mol. The number of rotatable bonds is 3. The molecule has 0 unspecified atom stereocenters. The van der Waals surface area contributed by atoms with Gasteiger partial charge in [0.15, 0.2) is 5.13 Å². The molecule has 0 aliphatic heterocycles. The number of anilines is 1. The summed E-state index contributed by atoms with van der Waals surface area (Å²) in [6, 6.07) is 0. The molecule has 1 aromatic rings. The van der Waals surface area contributed by atoms with Crippen LogP contribution in [0, 0.1) is 0 Å². The number of nitrogens with two attached hydrogens (primary N) is 1. The van der Waals surface area contributed by atoms with E-state index in [1.165, 1.54) is 24.3 Å². The van der Waals surface area contributed by atoms with Gasteiger partial charge in [0.1, 0.15) is 0 Å². The van der Waals surface area contributed by atoms with Crippen LogP contribution in [0.3, 0.4) is 0 Å². The van der Waals surface area contributed by atoms with E-state index in [0.29, 0.717) is 10.8 Å². The van der Waals surface area contributed by atoms with Crippen molar-refractivity contribution in [2.45, 2.75) is 6.92 Å². The highest BCUT2D eigenvalue weighted by molar-refractivity contribution is 7.16. The van der Waals surface area contributed by atoms with Gasteiger partial charge in [-0.25, -0.2) is 9.78 Å². The highest BCUT2D eigenvalue weighted by atomic mass is 32.1. The topological polar surface area (TPSA) is 76.2 Å². The molecule has 0 aliphatic carbocycles. The lowest BCUT2D eigenvalue weighted by Crippen LogP contribution is -1.95. The third-order valence-corrected chi connectivity index (χ3v) is 2.47. The van der Waals surface area contributed by atoms with Gasteiger partial charge in [-0.15, -0.1) is 0 Å². The number of hydrogen-bond acceptors (Lipinski definition) is 4. The zero-order valence-electron chi connectivity index (χ0n) is 7.65. The van der Waals surface area contributed by atoms with Crippen LogP contribution in [0.15, 0.2) is 12.2 Å². The number of carbonyl (C=O) groups is 1. The Hall–Kier alpha value is -1.62. The molecule has 1 heterocycles. The highest BCUT2D eigenvalue weighted by Gasteiger charge is 2.06. The number of carboxylic acid groups (broad SMARTS) is 1. The maximum Gasteiger partial charge on any atom is 0.331 e. The molecule has 1 aromatic heterocycles. The Bertz CT molecular complexity index is 407. The Kier molecular flexibility index (Phi) is 3.03. The fraction of sp³-hybridized carbons (Fsp3) is 0.111. The predicted molar refractivity (Wildman–Crippen MR) is 57.9 cm³/mol. The molecule has 0 amide bonds. The Balaban J connectivity index is 3.13. The maximum atomic E-state index is 10.6. The minimum absolute atomic E-state index is 0.221. The quantitative estimate of drug-likeness (QED) is 0.746. The molecule has 3 N–H and O–H groups in total. The summed E-state index contributed by atoms with van der Waals surface area (Å²) in [5.74, 6) is -0.966. The van der Waals surface area contributed by atoms with Crippen LogP contribution in [0.25, 0.3) is 12.2 Å². The molecule has 0 bridgehead atoms. The standard InChI is InChI=1S/C9H10N2O2S/c1-3-7-6(11-9(10)14-7)4-5(2)8(12)13/h3-4H,1H2,2H3,(H2,10,11)(H,12,13)/b5-4+. The van der Waals surface area contributed by atoms with Gasteiger partial charge in [-0.1, -0.05) is 17.9 Å². The van der Waals surface area contributed by atoms with Crippen LogP contribution >= 0.6 is 11.3 Å². The molecule has 4 nitrogen and oxygen atoms in total. The van der Waals surface area contributed by atoms with E-state index in [0.717, 1.165) is 4.88 Å². The van der Waals surface area contributed by atoms with Gasteiger partial charge >= 0.3 is 5.97 Å². The molecule has 0 aliphatic rings. The van der Waals surface area contributed by atoms with Crippen molar-refractivity contribution < 1.29 is 9.90 Å². The zero-order chi connectivity index (χ0) is 10.7. The molecule has 0 aromatic carbocycles. The average Bonchev–Trinajstić information content (AvgIpc) is 2.45. The predicted octanol–water partition coefficient (Wildman–Crippen LogP) is 1.86. The maximum absolute atomic E-state index is 10.6. The summed E-state index contributed by atoms with van der Waals surface area (Å²) in [4.78, 5) is 15.3. The number of carboxylic acids is 1. The van der Waals surface area contributed by atoms with Crippen molar-refractivity contribution in [1.82, 2.24) is 4.98 Å². The molecular formula is C9H10N2O2S. The Morgan fingerprint density at radius 3 is 2.86 bits per heavy atom. The second kappa shape index (κ2) is 4.06. The summed E-state index contributed by atoms with van der Waals surface area (Å²) < 4.78 is 0. The van der Waals surface area contributed by atoms with Gasteiger partial charge in [-0.05, 0) is 19.1 Å². The van der Waals surface area contributed by atoms with Crippen LogP contribution in [0.2, 0.25) is 0 Å². The minimum Gasteiger partial charge on any atom is -0.478 e. The molecule has 0 atom stereocenters.